The highest BCUT2D eigenvalue weighted by molar-refractivity contribution is 6.07. The molecule has 0 unspecified atom stereocenters. The van der Waals surface area contributed by atoms with Crippen LogP contribution in [0.2, 0.25) is 0 Å². The summed E-state index contributed by atoms with van der Waals surface area (Å²) in [6, 6.07) is 12.4. The smallest absolute Gasteiger partial charge is 0.322 e. The average Bonchev–Trinajstić information content (AvgIpc) is 2.81. The first kappa shape index (κ1) is 24.4. The molecule has 5 nitrogen and oxygen atoms in total. The monoisotopic (exact) mass is 481 g/mol. The van der Waals surface area contributed by atoms with E-state index in [2.05, 4.69) is 10.3 Å². The Hall–Kier alpha value is -3.68. The summed E-state index contributed by atoms with van der Waals surface area (Å²) in [7, 11) is 0. The molecule has 0 aliphatic carbocycles. The second-order valence-corrected chi connectivity index (χ2v) is 9.03. The number of hydrogen-bond donors (Lipinski definition) is 1. The van der Waals surface area contributed by atoms with Crippen molar-refractivity contribution in [2.75, 3.05) is 16.8 Å². The van der Waals surface area contributed by atoms with E-state index in [0.717, 1.165) is 23.0 Å². The van der Waals surface area contributed by atoms with Crippen molar-refractivity contribution in [3.05, 3.63) is 71.9 Å². The van der Waals surface area contributed by atoms with Gasteiger partial charge in [0.25, 0.3) is 0 Å². The van der Waals surface area contributed by atoms with Crippen LogP contribution < -0.4 is 10.2 Å². The third-order valence-electron chi connectivity index (χ3n) is 5.98. The van der Waals surface area contributed by atoms with Crippen LogP contribution in [0.1, 0.15) is 44.2 Å². The molecular formula is C27H26F3N3O2. The van der Waals surface area contributed by atoms with Crippen LogP contribution >= 0.6 is 0 Å². The largest absolute Gasteiger partial charge is 0.416 e. The highest BCUT2D eigenvalue weighted by atomic mass is 19.4. The van der Waals surface area contributed by atoms with Crippen LogP contribution in [0.3, 0.4) is 0 Å². The molecular weight excluding hydrogens is 455 g/mol. The molecule has 0 atom stereocenters. The van der Waals surface area contributed by atoms with Crippen LogP contribution in [0.4, 0.5) is 24.5 Å². The first-order valence-corrected chi connectivity index (χ1v) is 11.5. The zero-order chi connectivity index (χ0) is 25.2. The number of halogens is 3. The summed E-state index contributed by atoms with van der Waals surface area (Å²) in [6.07, 6.45) is -0.218. The van der Waals surface area contributed by atoms with Gasteiger partial charge in [-0.15, -0.1) is 0 Å². The SMILES string of the molecule is CC(C)CCC(=O)N1CC/C(=C\C(=O)Nc2ccc3cccnc3c2)c2ccc(C(F)(F)F)cc21. The summed E-state index contributed by atoms with van der Waals surface area (Å²) in [6.45, 7) is 4.19. The number of fused-ring (bicyclic) bond motifs is 2. The van der Waals surface area contributed by atoms with E-state index in [1.807, 2.05) is 32.0 Å². The maximum Gasteiger partial charge on any atom is 0.416 e. The Labute approximate surface area is 201 Å². The summed E-state index contributed by atoms with van der Waals surface area (Å²) < 4.78 is 40.2. The molecule has 1 aliphatic rings. The van der Waals surface area contributed by atoms with Gasteiger partial charge >= 0.3 is 6.18 Å². The molecule has 0 saturated carbocycles. The third kappa shape index (κ3) is 5.70. The summed E-state index contributed by atoms with van der Waals surface area (Å²) in [5.74, 6) is -0.318. The predicted molar refractivity (Wildman–Crippen MR) is 131 cm³/mol. The fourth-order valence-electron chi connectivity index (χ4n) is 4.13. The number of benzene rings is 2. The van der Waals surface area contributed by atoms with E-state index in [4.69, 9.17) is 0 Å². The number of hydrogen-bond acceptors (Lipinski definition) is 3. The van der Waals surface area contributed by atoms with E-state index >= 15 is 0 Å². The number of amides is 2. The zero-order valence-electron chi connectivity index (χ0n) is 19.5. The van der Waals surface area contributed by atoms with Gasteiger partial charge in [0.2, 0.25) is 11.8 Å². The number of anilines is 2. The van der Waals surface area contributed by atoms with E-state index in [9.17, 15) is 22.8 Å². The number of rotatable bonds is 5. The molecule has 1 N–H and O–H groups in total. The van der Waals surface area contributed by atoms with Crippen molar-refractivity contribution in [1.82, 2.24) is 4.98 Å². The Morgan fingerprint density at radius 2 is 1.94 bits per heavy atom. The summed E-state index contributed by atoms with van der Waals surface area (Å²) in [5, 5.41) is 3.74. The minimum Gasteiger partial charge on any atom is -0.322 e. The van der Waals surface area contributed by atoms with Crippen LogP contribution in [0.5, 0.6) is 0 Å². The lowest BCUT2D eigenvalue weighted by atomic mass is 9.93. The minimum atomic E-state index is -4.54. The number of carbonyl (C=O) groups is 2. The Balaban J connectivity index is 1.62. The number of alkyl halides is 3. The summed E-state index contributed by atoms with van der Waals surface area (Å²) in [5.41, 5.74) is 1.69. The molecule has 0 bridgehead atoms. The number of pyridine rings is 1. The van der Waals surface area contributed by atoms with Crippen molar-refractivity contribution in [1.29, 1.82) is 0 Å². The fourth-order valence-corrected chi connectivity index (χ4v) is 4.13. The molecule has 0 fully saturated rings. The van der Waals surface area contributed by atoms with Gasteiger partial charge in [-0.3, -0.25) is 14.6 Å². The van der Waals surface area contributed by atoms with E-state index in [1.54, 1.807) is 18.3 Å². The van der Waals surface area contributed by atoms with Gasteiger partial charge in [-0.25, -0.2) is 0 Å². The first-order chi connectivity index (χ1) is 16.6. The lowest BCUT2D eigenvalue weighted by Gasteiger charge is -2.32. The number of aromatic nitrogens is 1. The maximum absolute atomic E-state index is 13.4. The van der Waals surface area contributed by atoms with Crippen LogP contribution in [0, 0.1) is 5.92 Å². The quantitative estimate of drug-likeness (QED) is 0.426. The van der Waals surface area contributed by atoms with Gasteiger partial charge in [0, 0.05) is 41.9 Å². The molecule has 8 heteroatoms. The van der Waals surface area contributed by atoms with Crippen LogP contribution in [0.15, 0.2) is 60.8 Å². The molecule has 4 rings (SSSR count). The number of nitrogens with zero attached hydrogens (tertiary/aromatic N) is 2. The highest BCUT2D eigenvalue weighted by Gasteiger charge is 2.34. The lowest BCUT2D eigenvalue weighted by molar-refractivity contribution is -0.137. The average molecular weight is 482 g/mol. The molecule has 3 aromatic rings. The van der Waals surface area contributed by atoms with Gasteiger partial charge in [0.05, 0.1) is 16.8 Å². The first-order valence-electron chi connectivity index (χ1n) is 11.5. The van der Waals surface area contributed by atoms with E-state index in [1.165, 1.54) is 17.0 Å². The molecule has 2 aromatic carbocycles. The molecule has 1 aromatic heterocycles. The van der Waals surface area contributed by atoms with Gasteiger partial charge in [-0.2, -0.15) is 13.2 Å². The third-order valence-corrected chi connectivity index (χ3v) is 5.98. The van der Waals surface area contributed by atoms with Gasteiger partial charge in [-0.1, -0.05) is 32.0 Å². The van der Waals surface area contributed by atoms with Crippen molar-refractivity contribution in [3.63, 3.8) is 0 Å². The Bertz CT molecular complexity index is 1300. The minimum absolute atomic E-state index is 0.189. The molecule has 182 valence electrons. The second kappa shape index (κ2) is 9.90. The van der Waals surface area contributed by atoms with E-state index < -0.39 is 17.6 Å². The van der Waals surface area contributed by atoms with E-state index in [-0.39, 0.29) is 24.6 Å². The van der Waals surface area contributed by atoms with Crippen LogP contribution in [0.25, 0.3) is 16.5 Å². The van der Waals surface area contributed by atoms with Gasteiger partial charge in [-0.05, 0) is 54.7 Å². The summed E-state index contributed by atoms with van der Waals surface area (Å²) >= 11 is 0. The van der Waals surface area contributed by atoms with Crippen molar-refractivity contribution in [2.45, 2.75) is 39.3 Å². The normalized spacial score (nSPS) is 14.9. The molecule has 2 amide bonds. The lowest BCUT2D eigenvalue weighted by Crippen LogP contribution is -2.35. The second-order valence-electron chi connectivity index (χ2n) is 9.03. The maximum atomic E-state index is 13.4. The molecule has 2 heterocycles. The van der Waals surface area contributed by atoms with Crippen molar-refractivity contribution in [2.24, 2.45) is 5.92 Å². The zero-order valence-corrected chi connectivity index (χ0v) is 19.5. The van der Waals surface area contributed by atoms with Crippen molar-refractivity contribution >= 4 is 39.7 Å². The Morgan fingerprint density at radius 3 is 2.69 bits per heavy atom. The van der Waals surface area contributed by atoms with E-state index in [0.29, 0.717) is 35.6 Å². The van der Waals surface area contributed by atoms with Crippen LogP contribution in [-0.4, -0.2) is 23.3 Å². The standard InChI is InChI=1S/C27H26F3N3O2/c1-17(2)5-10-26(35)33-13-11-19(22-9-7-20(15-24(22)33)27(28,29)30)14-25(34)32-21-8-6-18-4-3-12-31-23(18)16-21/h3-4,6-9,12,14-17H,5,10-11,13H2,1-2H3,(H,32,34)/b19-14+. The van der Waals surface area contributed by atoms with Gasteiger partial charge in [0.15, 0.2) is 0 Å². The highest BCUT2D eigenvalue weighted by Crippen LogP contribution is 2.40. The van der Waals surface area contributed by atoms with Crippen molar-refractivity contribution < 1.29 is 22.8 Å². The number of nitrogens with one attached hydrogen (secondary N) is 1. The number of carbonyl (C=O) groups excluding carboxylic acids is 2. The molecule has 0 saturated heterocycles. The van der Waals surface area contributed by atoms with Gasteiger partial charge in [0.1, 0.15) is 0 Å². The Morgan fingerprint density at radius 1 is 1.14 bits per heavy atom. The molecule has 0 radical (unpaired) electrons. The van der Waals surface area contributed by atoms with Gasteiger partial charge < -0.3 is 10.2 Å². The molecule has 35 heavy (non-hydrogen) atoms. The molecule has 0 spiro atoms. The van der Waals surface area contributed by atoms with Crippen molar-refractivity contribution in [3.8, 4) is 0 Å². The predicted octanol–water partition coefficient (Wildman–Crippen LogP) is 6.45. The topological polar surface area (TPSA) is 62.3 Å². The Kier molecular flexibility index (Phi) is 6.91. The summed E-state index contributed by atoms with van der Waals surface area (Å²) in [4.78, 5) is 31.3. The fraction of sp³-hybridized carbons (Fsp3) is 0.296. The van der Waals surface area contributed by atoms with Crippen LogP contribution in [-0.2, 0) is 15.8 Å². The molecule has 1 aliphatic heterocycles.